The topological polar surface area (TPSA) is 98.0 Å². The molecule has 0 spiro atoms. The molecule has 0 fully saturated rings. The number of aryl methyl sites for hydroxylation is 1. The van der Waals surface area contributed by atoms with Gasteiger partial charge in [-0.15, -0.1) is 11.3 Å². The zero-order valence-corrected chi connectivity index (χ0v) is 12.3. The van der Waals surface area contributed by atoms with Gasteiger partial charge in [0.2, 0.25) is 0 Å². The fourth-order valence-electron chi connectivity index (χ4n) is 1.57. The van der Waals surface area contributed by atoms with E-state index in [0.29, 0.717) is 37.2 Å². The number of aromatic nitrogens is 3. The van der Waals surface area contributed by atoms with Crippen LogP contribution in [-0.2, 0) is 17.9 Å². The van der Waals surface area contributed by atoms with E-state index in [1.807, 2.05) is 20.0 Å². The van der Waals surface area contributed by atoms with E-state index in [4.69, 9.17) is 10.6 Å². The lowest BCUT2D eigenvalue weighted by Crippen LogP contribution is -2.13. The van der Waals surface area contributed by atoms with Crippen molar-refractivity contribution in [2.75, 3.05) is 17.3 Å². The molecule has 0 aliphatic heterocycles. The van der Waals surface area contributed by atoms with Crippen LogP contribution < -0.4 is 16.6 Å². The minimum Gasteiger partial charge on any atom is -0.374 e. The van der Waals surface area contributed by atoms with Crippen LogP contribution in [0.5, 0.6) is 0 Å². The molecule has 0 atom stereocenters. The van der Waals surface area contributed by atoms with Crippen molar-refractivity contribution >= 4 is 23.0 Å². The smallest absolute Gasteiger partial charge is 0.158 e. The van der Waals surface area contributed by atoms with Crippen molar-refractivity contribution in [1.29, 1.82) is 0 Å². The highest BCUT2D eigenvalue weighted by molar-refractivity contribution is 7.11. The van der Waals surface area contributed by atoms with Crippen molar-refractivity contribution in [3.05, 3.63) is 28.0 Å². The summed E-state index contributed by atoms with van der Waals surface area (Å²) < 4.78 is 5.31. The van der Waals surface area contributed by atoms with Crippen LogP contribution in [0.1, 0.15) is 22.6 Å². The highest BCUT2D eigenvalue weighted by atomic mass is 32.1. The SMILES string of the molecule is CCOCc1nc(NN)cc(NCc2ncc(C)s2)n1. The average Bonchev–Trinajstić information content (AvgIpc) is 2.88. The number of ether oxygens (including phenoxy) is 1. The van der Waals surface area contributed by atoms with Gasteiger partial charge < -0.3 is 15.5 Å². The van der Waals surface area contributed by atoms with Crippen LogP contribution in [0, 0.1) is 6.92 Å². The second kappa shape index (κ2) is 7.13. The summed E-state index contributed by atoms with van der Waals surface area (Å²) in [5.41, 5.74) is 2.53. The highest BCUT2D eigenvalue weighted by Crippen LogP contribution is 2.15. The van der Waals surface area contributed by atoms with Gasteiger partial charge in [0.05, 0.1) is 6.54 Å². The first kappa shape index (κ1) is 14.6. The lowest BCUT2D eigenvalue weighted by atomic mass is 10.4. The van der Waals surface area contributed by atoms with Gasteiger partial charge in [-0.3, -0.25) is 0 Å². The zero-order valence-electron chi connectivity index (χ0n) is 11.5. The quantitative estimate of drug-likeness (QED) is 0.528. The Hall–Kier alpha value is -1.77. The Kier molecular flexibility index (Phi) is 5.22. The molecule has 0 aliphatic carbocycles. The van der Waals surface area contributed by atoms with Crippen molar-refractivity contribution < 1.29 is 4.74 Å². The molecule has 2 aromatic heterocycles. The molecule has 2 rings (SSSR count). The van der Waals surface area contributed by atoms with Gasteiger partial charge in [0, 0.05) is 23.7 Å². The highest BCUT2D eigenvalue weighted by Gasteiger charge is 2.05. The van der Waals surface area contributed by atoms with Crippen LogP contribution in [0.25, 0.3) is 0 Å². The number of anilines is 2. The van der Waals surface area contributed by atoms with E-state index < -0.39 is 0 Å². The van der Waals surface area contributed by atoms with Crippen LogP contribution in [0.15, 0.2) is 12.3 Å². The fraction of sp³-hybridized carbons (Fsp3) is 0.417. The first-order valence-electron chi connectivity index (χ1n) is 6.28. The van der Waals surface area contributed by atoms with E-state index in [2.05, 4.69) is 25.7 Å². The molecule has 2 aromatic rings. The molecular weight excluding hydrogens is 276 g/mol. The Bertz CT molecular complexity index is 559. The summed E-state index contributed by atoms with van der Waals surface area (Å²) in [6, 6.07) is 1.75. The first-order valence-corrected chi connectivity index (χ1v) is 7.10. The normalized spacial score (nSPS) is 10.6. The van der Waals surface area contributed by atoms with Crippen molar-refractivity contribution in [1.82, 2.24) is 15.0 Å². The van der Waals surface area contributed by atoms with Crippen LogP contribution in [-0.4, -0.2) is 21.6 Å². The Morgan fingerprint density at radius 1 is 1.35 bits per heavy atom. The van der Waals surface area contributed by atoms with Gasteiger partial charge in [0.15, 0.2) is 5.82 Å². The fourth-order valence-corrected chi connectivity index (χ4v) is 2.30. The molecule has 0 aliphatic rings. The summed E-state index contributed by atoms with van der Waals surface area (Å²) in [5, 5.41) is 4.22. The maximum absolute atomic E-state index is 5.41. The van der Waals surface area contributed by atoms with Gasteiger partial charge in [0.1, 0.15) is 23.3 Å². The number of thiazole rings is 1. The molecule has 0 unspecified atom stereocenters. The van der Waals surface area contributed by atoms with E-state index >= 15 is 0 Å². The Morgan fingerprint density at radius 3 is 2.80 bits per heavy atom. The van der Waals surface area contributed by atoms with Crippen molar-refractivity contribution in [3.63, 3.8) is 0 Å². The minimum atomic E-state index is 0.358. The van der Waals surface area contributed by atoms with E-state index in [1.165, 1.54) is 4.88 Å². The van der Waals surface area contributed by atoms with Gasteiger partial charge >= 0.3 is 0 Å². The van der Waals surface area contributed by atoms with Crippen LogP contribution in [0.2, 0.25) is 0 Å². The molecule has 0 amide bonds. The number of nitrogen functional groups attached to an aromatic ring is 1. The maximum Gasteiger partial charge on any atom is 0.158 e. The average molecular weight is 294 g/mol. The van der Waals surface area contributed by atoms with E-state index in [0.717, 1.165) is 5.01 Å². The molecule has 0 radical (unpaired) electrons. The largest absolute Gasteiger partial charge is 0.374 e. The number of hydrogen-bond acceptors (Lipinski definition) is 8. The van der Waals surface area contributed by atoms with Gasteiger partial charge in [-0.05, 0) is 13.8 Å². The predicted octanol–water partition coefficient (Wildman–Crippen LogP) is 1.68. The second-order valence-corrected chi connectivity index (χ2v) is 5.37. The zero-order chi connectivity index (χ0) is 14.4. The standard InChI is InChI=1S/C12H18N6OS/c1-3-19-7-11-16-9(4-10(17-11)18-13)14-6-12-15-5-8(2)20-12/h4-5H,3,6-7,13H2,1-2H3,(H2,14,16,17,18). The van der Waals surface area contributed by atoms with Crippen molar-refractivity contribution in [2.45, 2.75) is 27.0 Å². The molecule has 0 bridgehead atoms. The maximum atomic E-state index is 5.41. The van der Waals surface area contributed by atoms with E-state index in [9.17, 15) is 0 Å². The molecule has 4 N–H and O–H groups in total. The molecule has 8 heteroatoms. The monoisotopic (exact) mass is 294 g/mol. The van der Waals surface area contributed by atoms with Crippen molar-refractivity contribution in [3.8, 4) is 0 Å². The number of rotatable bonds is 7. The number of hydrogen-bond donors (Lipinski definition) is 3. The molecule has 0 aromatic carbocycles. The van der Waals surface area contributed by atoms with Crippen molar-refractivity contribution in [2.24, 2.45) is 5.84 Å². The van der Waals surface area contributed by atoms with Crippen LogP contribution >= 0.6 is 11.3 Å². The molecule has 2 heterocycles. The molecule has 20 heavy (non-hydrogen) atoms. The third-order valence-electron chi connectivity index (χ3n) is 2.45. The first-order chi connectivity index (χ1) is 9.71. The minimum absolute atomic E-state index is 0.358. The van der Waals surface area contributed by atoms with E-state index in [1.54, 1.807) is 17.4 Å². The number of nitrogens with zero attached hydrogens (tertiary/aromatic N) is 3. The van der Waals surface area contributed by atoms with Crippen LogP contribution in [0.3, 0.4) is 0 Å². The summed E-state index contributed by atoms with van der Waals surface area (Å²) in [6.45, 7) is 5.55. The lowest BCUT2D eigenvalue weighted by Gasteiger charge is -2.08. The Balaban J connectivity index is 2.05. The van der Waals surface area contributed by atoms with Gasteiger partial charge in [0.25, 0.3) is 0 Å². The third-order valence-corrected chi connectivity index (χ3v) is 3.36. The molecule has 0 saturated carbocycles. The summed E-state index contributed by atoms with van der Waals surface area (Å²) in [7, 11) is 0. The number of hydrazine groups is 1. The van der Waals surface area contributed by atoms with Gasteiger partial charge in [-0.1, -0.05) is 0 Å². The molecule has 7 nitrogen and oxygen atoms in total. The second-order valence-electron chi connectivity index (χ2n) is 4.05. The Morgan fingerprint density at radius 2 is 2.15 bits per heavy atom. The predicted molar refractivity (Wildman–Crippen MR) is 79.3 cm³/mol. The molecular formula is C12H18N6OS. The lowest BCUT2D eigenvalue weighted by molar-refractivity contribution is 0.128. The molecule has 108 valence electrons. The number of nitrogens with two attached hydrogens (primary N) is 1. The summed E-state index contributed by atoms with van der Waals surface area (Å²) in [4.78, 5) is 14.1. The van der Waals surface area contributed by atoms with Gasteiger partial charge in [-0.25, -0.2) is 20.8 Å². The summed E-state index contributed by atoms with van der Waals surface area (Å²) >= 11 is 1.65. The Labute approximate surface area is 121 Å². The summed E-state index contributed by atoms with van der Waals surface area (Å²) in [6.07, 6.45) is 1.86. The van der Waals surface area contributed by atoms with Gasteiger partial charge in [-0.2, -0.15) is 0 Å². The number of nitrogens with one attached hydrogen (secondary N) is 2. The van der Waals surface area contributed by atoms with E-state index in [-0.39, 0.29) is 0 Å². The molecule has 0 saturated heterocycles. The van der Waals surface area contributed by atoms with Crippen LogP contribution in [0.4, 0.5) is 11.6 Å². The third kappa shape index (κ3) is 4.12. The summed E-state index contributed by atoms with van der Waals surface area (Å²) in [5.74, 6) is 7.23.